The molecular formula is C14H16Cl2N2O3. The minimum absolute atomic E-state index is 0.147. The predicted molar refractivity (Wildman–Crippen MR) is 80.5 cm³/mol. The van der Waals surface area contributed by atoms with Crippen molar-refractivity contribution in [2.75, 3.05) is 19.7 Å². The van der Waals surface area contributed by atoms with E-state index in [1.165, 1.54) is 0 Å². The summed E-state index contributed by atoms with van der Waals surface area (Å²) in [6, 6.07) is 4.80. The summed E-state index contributed by atoms with van der Waals surface area (Å²) in [5.74, 6) is -0.485. The molecule has 0 aromatic heterocycles. The van der Waals surface area contributed by atoms with Gasteiger partial charge in [-0.2, -0.15) is 0 Å². The second-order valence-electron chi connectivity index (χ2n) is 4.94. The maximum absolute atomic E-state index is 12.1. The summed E-state index contributed by atoms with van der Waals surface area (Å²) < 4.78 is 5.40. The lowest BCUT2D eigenvalue weighted by molar-refractivity contribution is -0.136. The van der Waals surface area contributed by atoms with Crippen molar-refractivity contribution in [2.24, 2.45) is 11.7 Å². The lowest BCUT2D eigenvalue weighted by Crippen LogP contribution is -2.45. The molecule has 1 aliphatic heterocycles. The lowest BCUT2D eigenvalue weighted by Gasteiger charge is -2.31. The highest BCUT2D eigenvalue weighted by molar-refractivity contribution is 6.34. The van der Waals surface area contributed by atoms with Crippen LogP contribution in [0.25, 0.3) is 0 Å². The van der Waals surface area contributed by atoms with Gasteiger partial charge < -0.3 is 15.4 Å². The van der Waals surface area contributed by atoms with Crippen LogP contribution in [0.2, 0.25) is 10.0 Å². The zero-order valence-electron chi connectivity index (χ0n) is 11.4. The third-order valence-corrected chi connectivity index (χ3v) is 3.97. The number of amides is 2. The topological polar surface area (TPSA) is 72.6 Å². The van der Waals surface area contributed by atoms with Gasteiger partial charge in [0.2, 0.25) is 5.91 Å². The molecule has 0 saturated carbocycles. The summed E-state index contributed by atoms with van der Waals surface area (Å²) in [6.07, 6.45) is 1.48. The molecule has 2 amide bonds. The van der Waals surface area contributed by atoms with Crippen LogP contribution < -0.4 is 10.5 Å². The molecule has 0 radical (unpaired) electrons. The van der Waals surface area contributed by atoms with Crippen molar-refractivity contribution in [1.82, 2.24) is 4.90 Å². The SMILES string of the molecule is NC(=O)[C@@H]1CCCN(C(=O)COc2cc(Cl)ccc2Cl)C1. The fourth-order valence-electron chi connectivity index (χ4n) is 2.25. The Labute approximate surface area is 132 Å². The fourth-order valence-corrected chi connectivity index (χ4v) is 2.59. The highest BCUT2D eigenvalue weighted by Gasteiger charge is 2.27. The van der Waals surface area contributed by atoms with E-state index in [2.05, 4.69) is 0 Å². The van der Waals surface area contributed by atoms with E-state index in [-0.39, 0.29) is 24.3 Å². The smallest absolute Gasteiger partial charge is 0.260 e. The van der Waals surface area contributed by atoms with Gasteiger partial charge in [-0.1, -0.05) is 23.2 Å². The van der Waals surface area contributed by atoms with E-state index in [1.54, 1.807) is 23.1 Å². The number of halogens is 2. The maximum Gasteiger partial charge on any atom is 0.260 e. The van der Waals surface area contributed by atoms with Crippen LogP contribution in [0.3, 0.4) is 0 Å². The Bertz CT molecular complexity index is 551. The molecule has 1 atom stereocenters. The van der Waals surface area contributed by atoms with E-state index >= 15 is 0 Å². The van der Waals surface area contributed by atoms with Gasteiger partial charge in [-0.05, 0) is 25.0 Å². The fraction of sp³-hybridized carbons (Fsp3) is 0.429. The molecule has 21 heavy (non-hydrogen) atoms. The Kier molecular flexibility index (Phi) is 5.31. The quantitative estimate of drug-likeness (QED) is 0.918. The van der Waals surface area contributed by atoms with Crippen LogP contribution in [0.1, 0.15) is 12.8 Å². The number of nitrogens with two attached hydrogens (primary N) is 1. The Morgan fingerprint density at radius 3 is 2.86 bits per heavy atom. The van der Waals surface area contributed by atoms with Crippen LogP contribution >= 0.6 is 23.2 Å². The minimum Gasteiger partial charge on any atom is -0.482 e. The molecule has 0 bridgehead atoms. The van der Waals surface area contributed by atoms with Crippen LogP contribution in [0.4, 0.5) is 0 Å². The second-order valence-corrected chi connectivity index (χ2v) is 5.79. The summed E-state index contributed by atoms with van der Waals surface area (Å²) in [5.41, 5.74) is 5.29. The molecule has 0 aliphatic carbocycles. The van der Waals surface area contributed by atoms with E-state index in [0.29, 0.717) is 28.9 Å². The Balaban J connectivity index is 1.92. The first kappa shape index (κ1) is 15.9. The molecule has 0 unspecified atom stereocenters. The standard InChI is InChI=1S/C14H16Cl2N2O3/c15-10-3-4-11(16)12(6-10)21-8-13(19)18-5-1-2-9(7-18)14(17)20/h3-4,6,9H,1-2,5,7-8H2,(H2,17,20)/t9-/m1/s1. The summed E-state index contributed by atoms with van der Waals surface area (Å²) in [6.45, 7) is 0.807. The largest absolute Gasteiger partial charge is 0.482 e. The maximum atomic E-state index is 12.1. The number of ether oxygens (including phenoxy) is 1. The number of likely N-dealkylation sites (tertiary alicyclic amines) is 1. The third kappa shape index (κ3) is 4.25. The van der Waals surface area contributed by atoms with E-state index in [0.717, 1.165) is 12.8 Å². The van der Waals surface area contributed by atoms with Gasteiger partial charge in [0, 0.05) is 24.2 Å². The highest BCUT2D eigenvalue weighted by atomic mass is 35.5. The van der Waals surface area contributed by atoms with Crippen molar-refractivity contribution < 1.29 is 14.3 Å². The summed E-state index contributed by atoms with van der Waals surface area (Å²) in [7, 11) is 0. The molecule has 7 heteroatoms. The van der Waals surface area contributed by atoms with E-state index in [4.69, 9.17) is 33.7 Å². The number of primary amides is 1. The van der Waals surface area contributed by atoms with E-state index in [1.807, 2.05) is 0 Å². The van der Waals surface area contributed by atoms with Crippen LogP contribution in [0, 0.1) is 5.92 Å². The molecule has 0 spiro atoms. The summed E-state index contributed by atoms with van der Waals surface area (Å²) in [4.78, 5) is 24.9. The van der Waals surface area contributed by atoms with Crippen LogP contribution in [-0.2, 0) is 9.59 Å². The molecule has 1 aliphatic rings. The van der Waals surface area contributed by atoms with Crippen molar-refractivity contribution in [1.29, 1.82) is 0 Å². The first-order chi connectivity index (χ1) is 9.97. The second kappa shape index (κ2) is 7.00. The summed E-state index contributed by atoms with van der Waals surface area (Å²) in [5, 5.41) is 0.870. The molecule has 1 aromatic rings. The number of piperidine rings is 1. The molecule has 2 N–H and O–H groups in total. The zero-order valence-corrected chi connectivity index (χ0v) is 12.9. The average molecular weight is 331 g/mol. The molecular weight excluding hydrogens is 315 g/mol. The third-order valence-electron chi connectivity index (χ3n) is 3.42. The molecule has 1 saturated heterocycles. The first-order valence-electron chi connectivity index (χ1n) is 6.62. The number of nitrogens with zero attached hydrogens (tertiary/aromatic N) is 1. The average Bonchev–Trinajstić information content (AvgIpc) is 2.48. The van der Waals surface area contributed by atoms with Gasteiger partial charge in [0.05, 0.1) is 10.9 Å². The minimum atomic E-state index is -0.369. The van der Waals surface area contributed by atoms with Crippen molar-refractivity contribution in [3.8, 4) is 5.75 Å². The van der Waals surface area contributed by atoms with Gasteiger partial charge in [0.1, 0.15) is 5.75 Å². The Morgan fingerprint density at radius 1 is 1.38 bits per heavy atom. The van der Waals surface area contributed by atoms with Gasteiger partial charge >= 0.3 is 0 Å². The lowest BCUT2D eigenvalue weighted by atomic mass is 9.97. The normalized spacial score (nSPS) is 18.4. The zero-order chi connectivity index (χ0) is 15.4. The molecule has 1 fully saturated rings. The number of rotatable bonds is 4. The Hall–Kier alpha value is -1.46. The van der Waals surface area contributed by atoms with Crippen molar-refractivity contribution in [3.63, 3.8) is 0 Å². The molecule has 1 heterocycles. The number of benzene rings is 1. The molecule has 1 aromatic carbocycles. The molecule has 114 valence electrons. The van der Waals surface area contributed by atoms with E-state index in [9.17, 15) is 9.59 Å². The number of hydrogen-bond acceptors (Lipinski definition) is 3. The highest BCUT2D eigenvalue weighted by Crippen LogP contribution is 2.27. The molecule has 2 rings (SSSR count). The number of carbonyl (C=O) groups excluding carboxylic acids is 2. The number of hydrogen-bond donors (Lipinski definition) is 1. The van der Waals surface area contributed by atoms with Gasteiger partial charge in [-0.3, -0.25) is 9.59 Å². The molecule has 5 nitrogen and oxygen atoms in total. The van der Waals surface area contributed by atoms with Gasteiger partial charge in [0.15, 0.2) is 6.61 Å². The Morgan fingerprint density at radius 2 is 2.14 bits per heavy atom. The van der Waals surface area contributed by atoms with Crippen molar-refractivity contribution >= 4 is 35.0 Å². The van der Waals surface area contributed by atoms with Crippen LogP contribution in [-0.4, -0.2) is 36.4 Å². The van der Waals surface area contributed by atoms with Crippen molar-refractivity contribution in [2.45, 2.75) is 12.8 Å². The van der Waals surface area contributed by atoms with Crippen molar-refractivity contribution in [3.05, 3.63) is 28.2 Å². The van der Waals surface area contributed by atoms with Crippen LogP contribution in [0.15, 0.2) is 18.2 Å². The number of carbonyl (C=O) groups is 2. The first-order valence-corrected chi connectivity index (χ1v) is 7.38. The van der Waals surface area contributed by atoms with Crippen LogP contribution in [0.5, 0.6) is 5.75 Å². The van der Waals surface area contributed by atoms with E-state index < -0.39 is 0 Å². The monoisotopic (exact) mass is 330 g/mol. The summed E-state index contributed by atoms with van der Waals surface area (Å²) >= 11 is 11.8. The van der Waals surface area contributed by atoms with Gasteiger partial charge in [-0.25, -0.2) is 0 Å². The van der Waals surface area contributed by atoms with Gasteiger partial charge in [0.25, 0.3) is 5.91 Å². The van der Waals surface area contributed by atoms with Gasteiger partial charge in [-0.15, -0.1) is 0 Å². The predicted octanol–water partition coefficient (Wildman–Crippen LogP) is 2.10.